The van der Waals surface area contributed by atoms with Gasteiger partial charge < -0.3 is 26.2 Å². The van der Waals surface area contributed by atoms with Crippen molar-refractivity contribution in [2.24, 2.45) is 5.92 Å². The number of rotatable bonds is 6. The number of amides is 5. The van der Waals surface area contributed by atoms with Gasteiger partial charge in [-0.1, -0.05) is 74.0 Å². The lowest BCUT2D eigenvalue weighted by Crippen LogP contribution is -2.57. The highest BCUT2D eigenvalue weighted by molar-refractivity contribution is 7.09. The van der Waals surface area contributed by atoms with Gasteiger partial charge in [-0.15, -0.1) is 11.3 Å². The zero-order chi connectivity index (χ0) is 38.9. The van der Waals surface area contributed by atoms with Gasteiger partial charge in [-0.05, 0) is 44.2 Å². The average molecular weight is 756 g/mol. The molecule has 4 atom stereocenters. The number of nitrogens with zero attached hydrogens (tertiary/aromatic N) is 4. The Bertz CT molecular complexity index is 1930. The number of aromatic amines is 1. The van der Waals surface area contributed by atoms with Crippen molar-refractivity contribution in [2.45, 2.75) is 71.8 Å². The second-order valence-corrected chi connectivity index (χ2v) is 15.0. The number of thiazole rings is 1. The van der Waals surface area contributed by atoms with Crippen LogP contribution in [0.25, 0.3) is 11.3 Å². The van der Waals surface area contributed by atoms with Crippen LogP contribution in [0, 0.1) is 12.8 Å². The predicted octanol–water partition coefficient (Wildman–Crippen LogP) is 2.98. The molecule has 4 aromatic rings. The summed E-state index contributed by atoms with van der Waals surface area (Å²) in [5, 5.41) is 20.8. The number of carbonyl (C=O) groups excluding carboxylic acids is 5. The number of hydrogen-bond donors (Lipinski definition) is 5. The van der Waals surface area contributed by atoms with Gasteiger partial charge in [-0.25, -0.2) is 4.98 Å². The fraction of sp³-hybridized carbons (Fsp3) is 0.410. The predicted molar refractivity (Wildman–Crippen MR) is 206 cm³/mol. The summed E-state index contributed by atoms with van der Waals surface area (Å²) in [5.41, 5.74) is 4.85. The Balaban J connectivity index is 1.46. The molecule has 1 aliphatic heterocycles. The van der Waals surface area contributed by atoms with Crippen LogP contribution >= 0.6 is 11.3 Å². The van der Waals surface area contributed by atoms with Crippen LogP contribution in [0.3, 0.4) is 0 Å². The van der Waals surface area contributed by atoms with Gasteiger partial charge in [0.2, 0.25) is 23.6 Å². The summed E-state index contributed by atoms with van der Waals surface area (Å²) in [4.78, 5) is 75.4. The first kappa shape index (κ1) is 39.8. The summed E-state index contributed by atoms with van der Waals surface area (Å²) in [6.07, 6.45) is 2.16. The van der Waals surface area contributed by atoms with E-state index in [0.717, 1.165) is 27.9 Å². The van der Waals surface area contributed by atoms with Crippen molar-refractivity contribution in [3.8, 4) is 11.3 Å². The van der Waals surface area contributed by atoms with Crippen molar-refractivity contribution in [1.82, 2.24) is 46.2 Å². The van der Waals surface area contributed by atoms with Crippen LogP contribution in [-0.2, 0) is 32.1 Å². The van der Waals surface area contributed by atoms with Crippen molar-refractivity contribution >= 4 is 40.9 Å². The normalized spacial score (nSPS) is 21.5. The zero-order valence-electron chi connectivity index (χ0n) is 31.5. The molecule has 14 nitrogen and oxygen atoms in total. The summed E-state index contributed by atoms with van der Waals surface area (Å²) < 4.78 is 0. The lowest BCUT2D eigenvalue weighted by Gasteiger charge is -2.29. The SMILES string of the molecule is Cc1ccc(-c2[nH]ncc2CN2CCN(C)C(=O)[C@@H](C)NC(=O)[C@H](C(C)C)NC(=O)[C@H](C)NC(=O)c3csc(n3)[C@H](Cc3ccccc3)NC(=O)C2)cc1. The minimum Gasteiger partial charge on any atom is -0.345 e. The van der Waals surface area contributed by atoms with E-state index in [9.17, 15) is 24.0 Å². The fourth-order valence-corrected chi connectivity index (χ4v) is 7.00. The number of benzene rings is 2. The van der Waals surface area contributed by atoms with Crippen LogP contribution in [-0.4, -0.2) is 99.3 Å². The van der Waals surface area contributed by atoms with Crippen LogP contribution in [0.2, 0.25) is 0 Å². The summed E-state index contributed by atoms with van der Waals surface area (Å²) >= 11 is 1.24. The third-order valence-electron chi connectivity index (χ3n) is 9.33. The van der Waals surface area contributed by atoms with Gasteiger partial charge in [-0.2, -0.15) is 5.10 Å². The Morgan fingerprint density at radius 1 is 0.870 bits per heavy atom. The third kappa shape index (κ3) is 10.4. The Morgan fingerprint density at radius 2 is 1.59 bits per heavy atom. The maximum atomic E-state index is 14.0. The molecule has 2 bridgehead atoms. The molecule has 3 heterocycles. The third-order valence-corrected chi connectivity index (χ3v) is 10.3. The van der Waals surface area contributed by atoms with Gasteiger partial charge >= 0.3 is 0 Å². The standard InChI is InChI=1S/C39H49N9O5S/c1-23(2)33-37(52)42-26(5)39(53)47(6)16-17-48(20-29-19-40-46-34(29)28-14-12-24(3)13-15-28)21-32(49)43-30(18-27-10-8-7-9-11-27)38-44-31(22-54-38)36(51)41-25(4)35(50)45-33/h7-15,19,22-23,25-26,30,33H,16-18,20-21H2,1-6H3,(H,40,46)(H,41,51)(H,42,52)(H,43,49)(H,45,50)/t25-,26+,30-,33-/m0/s1. The number of nitrogens with one attached hydrogen (secondary N) is 5. The van der Waals surface area contributed by atoms with E-state index in [1.165, 1.54) is 23.2 Å². The van der Waals surface area contributed by atoms with E-state index in [0.29, 0.717) is 24.5 Å². The van der Waals surface area contributed by atoms with Gasteiger partial charge in [0.1, 0.15) is 28.8 Å². The Morgan fingerprint density at radius 3 is 2.30 bits per heavy atom. The molecule has 5 N–H and O–H groups in total. The highest BCUT2D eigenvalue weighted by Gasteiger charge is 2.31. The number of hydrogen-bond acceptors (Lipinski definition) is 9. The lowest BCUT2D eigenvalue weighted by molar-refractivity contribution is -0.136. The number of likely N-dealkylation sites (N-methyl/N-ethyl adjacent to an activating group) is 1. The molecule has 15 heteroatoms. The van der Waals surface area contributed by atoms with E-state index >= 15 is 0 Å². The molecule has 5 rings (SSSR count). The summed E-state index contributed by atoms with van der Waals surface area (Å²) in [6, 6.07) is 14.3. The van der Waals surface area contributed by atoms with Crippen LogP contribution < -0.4 is 21.3 Å². The van der Waals surface area contributed by atoms with Gasteiger partial charge in [0.05, 0.1) is 24.5 Å². The molecule has 2 aromatic heterocycles. The van der Waals surface area contributed by atoms with E-state index < -0.39 is 41.9 Å². The highest BCUT2D eigenvalue weighted by Crippen LogP contribution is 2.25. The Kier molecular flexibility index (Phi) is 13.3. The molecule has 54 heavy (non-hydrogen) atoms. The number of carbonyl (C=O) groups is 5. The van der Waals surface area contributed by atoms with Crippen molar-refractivity contribution in [3.63, 3.8) is 0 Å². The fourth-order valence-electron chi connectivity index (χ4n) is 6.15. The molecule has 5 amide bonds. The number of H-pyrrole nitrogens is 1. The molecule has 2 aromatic carbocycles. The van der Waals surface area contributed by atoms with E-state index in [1.807, 2.05) is 66.4 Å². The number of fused-ring (bicyclic) bond motifs is 2. The van der Waals surface area contributed by atoms with Crippen molar-refractivity contribution in [1.29, 1.82) is 0 Å². The highest BCUT2D eigenvalue weighted by atomic mass is 32.1. The number of aromatic nitrogens is 3. The molecular weight excluding hydrogens is 707 g/mol. The first-order valence-electron chi connectivity index (χ1n) is 18.1. The quantitative estimate of drug-likeness (QED) is 0.199. The maximum absolute atomic E-state index is 14.0. The summed E-state index contributed by atoms with van der Waals surface area (Å²) in [5.74, 6) is -2.58. The van der Waals surface area contributed by atoms with Crippen molar-refractivity contribution < 1.29 is 24.0 Å². The molecule has 0 radical (unpaired) electrons. The van der Waals surface area contributed by atoms with Gasteiger partial charge in [0.25, 0.3) is 5.91 Å². The summed E-state index contributed by atoms with van der Waals surface area (Å²) in [6.45, 7) is 9.60. The van der Waals surface area contributed by atoms with Crippen molar-refractivity contribution in [3.05, 3.63) is 93.6 Å². The van der Waals surface area contributed by atoms with E-state index in [2.05, 4.69) is 36.4 Å². The first-order valence-corrected chi connectivity index (χ1v) is 18.9. The average Bonchev–Trinajstić information content (AvgIpc) is 3.83. The molecular formula is C39H49N9O5S. The minimum absolute atomic E-state index is 0.0157. The molecule has 0 saturated heterocycles. The molecule has 0 fully saturated rings. The number of aryl methyl sites for hydroxylation is 1. The smallest absolute Gasteiger partial charge is 0.271 e. The van der Waals surface area contributed by atoms with E-state index in [4.69, 9.17) is 0 Å². The molecule has 0 spiro atoms. The van der Waals surface area contributed by atoms with E-state index in [1.54, 1.807) is 39.4 Å². The van der Waals surface area contributed by atoms with Crippen LogP contribution in [0.15, 0.2) is 66.2 Å². The Labute approximate surface area is 319 Å². The monoisotopic (exact) mass is 755 g/mol. The van der Waals surface area contributed by atoms with Crippen molar-refractivity contribution in [2.75, 3.05) is 26.7 Å². The minimum atomic E-state index is -0.997. The van der Waals surface area contributed by atoms with E-state index in [-0.39, 0.29) is 36.5 Å². The topological polar surface area (TPSA) is 182 Å². The summed E-state index contributed by atoms with van der Waals surface area (Å²) in [7, 11) is 1.65. The Hall–Kier alpha value is -5.41. The second-order valence-electron chi connectivity index (χ2n) is 14.1. The molecule has 286 valence electrons. The van der Waals surface area contributed by atoms with Crippen LogP contribution in [0.5, 0.6) is 0 Å². The molecule has 0 unspecified atom stereocenters. The maximum Gasteiger partial charge on any atom is 0.271 e. The van der Waals surface area contributed by atoms with Gasteiger partial charge in [0, 0.05) is 37.6 Å². The largest absolute Gasteiger partial charge is 0.345 e. The molecule has 1 aliphatic rings. The van der Waals surface area contributed by atoms with Crippen LogP contribution in [0.1, 0.15) is 65.9 Å². The zero-order valence-corrected chi connectivity index (χ0v) is 32.3. The van der Waals surface area contributed by atoms with Crippen LogP contribution in [0.4, 0.5) is 0 Å². The van der Waals surface area contributed by atoms with Gasteiger partial charge in [0.15, 0.2) is 0 Å². The van der Waals surface area contributed by atoms with Gasteiger partial charge in [-0.3, -0.25) is 34.0 Å². The first-order chi connectivity index (χ1) is 25.8. The molecule has 0 saturated carbocycles. The molecule has 0 aliphatic carbocycles. The lowest BCUT2D eigenvalue weighted by atomic mass is 10.0. The second kappa shape index (κ2) is 18.1.